The van der Waals surface area contributed by atoms with E-state index in [0.717, 1.165) is 0 Å². The van der Waals surface area contributed by atoms with E-state index in [4.69, 9.17) is 4.74 Å². The summed E-state index contributed by atoms with van der Waals surface area (Å²) < 4.78 is 20.8. The Morgan fingerprint density at radius 1 is 1.07 bits per heavy atom. The molecule has 1 aromatic heterocycles. The number of benzene rings is 2. The van der Waals surface area contributed by atoms with Crippen molar-refractivity contribution in [1.82, 2.24) is 20.2 Å². The Hall–Kier alpha value is -3.82. The lowest BCUT2D eigenvalue weighted by molar-refractivity contribution is 0.0636. The van der Waals surface area contributed by atoms with Crippen molar-refractivity contribution in [2.45, 2.75) is 33.3 Å². The first kappa shape index (κ1) is 20.9. The molecule has 30 heavy (non-hydrogen) atoms. The quantitative estimate of drug-likeness (QED) is 0.676. The fourth-order valence-electron chi connectivity index (χ4n) is 2.53. The number of aromatic nitrogens is 4. The van der Waals surface area contributed by atoms with E-state index in [2.05, 4.69) is 26.2 Å². The minimum atomic E-state index is -0.622. The number of amides is 2. The van der Waals surface area contributed by atoms with Crippen LogP contribution in [0.5, 0.6) is 0 Å². The summed E-state index contributed by atoms with van der Waals surface area (Å²) >= 11 is 0. The van der Waals surface area contributed by atoms with Gasteiger partial charge in [0, 0.05) is 11.3 Å². The van der Waals surface area contributed by atoms with Gasteiger partial charge in [0.1, 0.15) is 11.4 Å². The van der Waals surface area contributed by atoms with Crippen molar-refractivity contribution in [2.75, 3.05) is 10.6 Å². The molecule has 0 aliphatic carbocycles. The largest absolute Gasteiger partial charge is 0.444 e. The second-order valence-electron chi connectivity index (χ2n) is 7.46. The first-order valence-electron chi connectivity index (χ1n) is 9.09. The average Bonchev–Trinajstić information content (AvgIpc) is 3.08. The average molecular weight is 412 g/mol. The third-order valence-corrected chi connectivity index (χ3v) is 3.86. The van der Waals surface area contributed by atoms with Crippen LogP contribution in [0.1, 0.15) is 37.0 Å². The Kier molecular flexibility index (Phi) is 5.77. The smallest absolute Gasteiger partial charge is 0.412 e. The van der Waals surface area contributed by atoms with Crippen LogP contribution in [0.25, 0.3) is 5.69 Å². The summed E-state index contributed by atoms with van der Waals surface area (Å²) in [6, 6.07) is 10.3. The molecule has 2 amide bonds. The summed E-state index contributed by atoms with van der Waals surface area (Å²) in [5.74, 6) is -0.587. The third-order valence-electron chi connectivity index (χ3n) is 3.86. The molecule has 1 heterocycles. The summed E-state index contributed by atoms with van der Waals surface area (Å²) in [5.41, 5.74) is 0.620. The molecule has 0 aliphatic rings. The second kappa shape index (κ2) is 8.27. The molecule has 0 atom stereocenters. The highest BCUT2D eigenvalue weighted by atomic mass is 19.1. The predicted molar refractivity (Wildman–Crippen MR) is 108 cm³/mol. The molecule has 0 saturated carbocycles. The van der Waals surface area contributed by atoms with Crippen LogP contribution in [0, 0.1) is 12.7 Å². The Morgan fingerprint density at radius 3 is 2.37 bits per heavy atom. The van der Waals surface area contributed by atoms with Gasteiger partial charge in [-0.15, -0.1) is 5.10 Å². The summed E-state index contributed by atoms with van der Waals surface area (Å²) in [5, 5.41) is 16.3. The van der Waals surface area contributed by atoms with Gasteiger partial charge in [-0.2, -0.15) is 4.68 Å². The third kappa shape index (κ3) is 5.16. The van der Waals surface area contributed by atoms with Crippen LogP contribution < -0.4 is 10.6 Å². The van der Waals surface area contributed by atoms with E-state index >= 15 is 0 Å². The van der Waals surface area contributed by atoms with Crippen LogP contribution in [0.3, 0.4) is 0 Å². The summed E-state index contributed by atoms with van der Waals surface area (Å²) in [7, 11) is 0. The van der Waals surface area contributed by atoms with Gasteiger partial charge in [0.05, 0.1) is 11.4 Å². The monoisotopic (exact) mass is 412 g/mol. The van der Waals surface area contributed by atoms with Gasteiger partial charge < -0.3 is 10.1 Å². The normalized spacial score (nSPS) is 11.1. The molecule has 0 bridgehead atoms. The van der Waals surface area contributed by atoms with Gasteiger partial charge in [0.25, 0.3) is 5.91 Å². The van der Waals surface area contributed by atoms with Gasteiger partial charge in [-0.05, 0) is 80.6 Å². The second-order valence-corrected chi connectivity index (χ2v) is 7.46. The number of carbonyl (C=O) groups is 2. The molecule has 0 aliphatic heterocycles. The first-order chi connectivity index (χ1) is 14.1. The Balaban J connectivity index is 1.70. The van der Waals surface area contributed by atoms with Crippen LogP contribution in [-0.2, 0) is 4.74 Å². The minimum Gasteiger partial charge on any atom is -0.444 e. The Morgan fingerprint density at radius 2 is 1.77 bits per heavy atom. The van der Waals surface area contributed by atoms with Gasteiger partial charge in [0.15, 0.2) is 5.82 Å². The lowest BCUT2D eigenvalue weighted by Crippen LogP contribution is -2.27. The van der Waals surface area contributed by atoms with Crippen LogP contribution >= 0.6 is 0 Å². The first-order valence-corrected chi connectivity index (χ1v) is 9.09. The van der Waals surface area contributed by atoms with E-state index in [1.54, 1.807) is 39.8 Å². The SMILES string of the molecule is Cc1nnnn1-c1ccc(F)c(NC(=O)c2ccc(NC(=O)OC(C)(C)C)cc2)c1. The lowest BCUT2D eigenvalue weighted by Gasteiger charge is -2.19. The fourth-order valence-corrected chi connectivity index (χ4v) is 2.53. The zero-order valence-corrected chi connectivity index (χ0v) is 16.9. The van der Waals surface area contributed by atoms with Gasteiger partial charge in [0.2, 0.25) is 0 Å². The standard InChI is InChI=1S/C20H21FN6O3/c1-12-24-25-26-27(12)15-9-10-16(21)17(11-15)23-18(28)13-5-7-14(8-6-13)22-19(29)30-20(2,3)4/h5-11H,1-4H3,(H,22,29)(H,23,28). The zero-order chi connectivity index (χ0) is 21.9. The van der Waals surface area contributed by atoms with E-state index in [-0.39, 0.29) is 11.3 Å². The number of aryl methyl sites for hydroxylation is 1. The van der Waals surface area contributed by atoms with E-state index < -0.39 is 23.4 Å². The van der Waals surface area contributed by atoms with Crippen LogP contribution in [0.2, 0.25) is 0 Å². The van der Waals surface area contributed by atoms with E-state index in [1.807, 2.05) is 0 Å². The van der Waals surface area contributed by atoms with Gasteiger partial charge in [-0.3, -0.25) is 10.1 Å². The Bertz CT molecular complexity index is 1070. The molecule has 0 radical (unpaired) electrons. The van der Waals surface area contributed by atoms with Crippen molar-refractivity contribution in [2.24, 2.45) is 0 Å². The number of hydrogen-bond acceptors (Lipinski definition) is 6. The van der Waals surface area contributed by atoms with Crippen molar-refractivity contribution in [1.29, 1.82) is 0 Å². The molecule has 9 nitrogen and oxygen atoms in total. The molecule has 2 aromatic carbocycles. The maximum atomic E-state index is 14.2. The maximum Gasteiger partial charge on any atom is 0.412 e. The number of carbonyl (C=O) groups excluding carboxylic acids is 2. The zero-order valence-electron chi connectivity index (χ0n) is 16.9. The van der Waals surface area contributed by atoms with Crippen molar-refractivity contribution >= 4 is 23.4 Å². The highest BCUT2D eigenvalue weighted by Gasteiger charge is 2.17. The van der Waals surface area contributed by atoms with Crippen LogP contribution in [0.15, 0.2) is 42.5 Å². The van der Waals surface area contributed by atoms with Crippen molar-refractivity contribution < 1.29 is 18.7 Å². The summed E-state index contributed by atoms with van der Waals surface area (Å²) in [4.78, 5) is 24.3. The predicted octanol–water partition coefficient (Wildman–Crippen LogP) is 3.71. The molecular formula is C20H21FN6O3. The van der Waals surface area contributed by atoms with Gasteiger partial charge in [-0.25, -0.2) is 9.18 Å². The Labute approximate surface area is 172 Å². The number of hydrogen-bond donors (Lipinski definition) is 2. The number of rotatable bonds is 4. The van der Waals surface area contributed by atoms with Crippen molar-refractivity contribution in [3.8, 4) is 5.69 Å². The topological polar surface area (TPSA) is 111 Å². The summed E-state index contributed by atoms with van der Waals surface area (Å²) in [6.45, 7) is 6.98. The van der Waals surface area contributed by atoms with E-state index in [0.29, 0.717) is 17.2 Å². The molecule has 3 aromatic rings. The van der Waals surface area contributed by atoms with E-state index in [1.165, 1.54) is 35.0 Å². The van der Waals surface area contributed by atoms with Crippen molar-refractivity contribution in [3.05, 3.63) is 59.7 Å². The molecule has 3 rings (SSSR count). The number of tetrazole rings is 1. The molecule has 10 heteroatoms. The highest BCUT2D eigenvalue weighted by molar-refractivity contribution is 6.04. The van der Waals surface area contributed by atoms with Crippen LogP contribution in [0.4, 0.5) is 20.6 Å². The number of ether oxygens (including phenoxy) is 1. The minimum absolute atomic E-state index is 0.0108. The molecule has 0 saturated heterocycles. The molecule has 0 spiro atoms. The van der Waals surface area contributed by atoms with Crippen molar-refractivity contribution in [3.63, 3.8) is 0 Å². The molecule has 2 N–H and O–H groups in total. The van der Waals surface area contributed by atoms with Gasteiger partial charge in [-0.1, -0.05) is 0 Å². The van der Waals surface area contributed by atoms with E-state index in [9.17, 15) is 14.0 Å². The lowest BCUT2D eigenvalue weighted by atomic mass is 10.2. The molecule has 156 valence electrons. The number of halogens is 1. The number of nitrogens with zero attached hydrogens (tertiary/aromatic N) is 4. The number of anilines is 2. The van der Waals surface area contributed by atoms with Crippen LogP contribution in [-0.4, -0.2) is 37.8 Å². The molecular weight excluding hydrogens is 391 g/mol. The van der Waals surface area contributed by atoms with Gasteiger partial charge >= 0.3 is 6.09 Å². The fraction of sp³-hybridized carbons (Fsp3) is 0.250. The summed E-state index contributed by atoms with van der Waals surface area (Å²) in [6.07, 6.45) is -0.600. The highest BCUT2D eigenvalue weighted by Crippen LogP contribution is 2.20. The maximum absolute atomic E-state index is 14.2. The molecule has 0 unspecified atom stereocenters. The molecule has 0 fully saturated rings. The number of nitrogens with one attached hydrogen (secondary N) is 2.